The van der Waals surface area contributed by atoms with Gasteiger partial charge in [0.15, 0.2) is 4.87 Å². The highest BCUT2D eigenvalue weighted by atomic mass is 35.5. The highest BCUT2D eigenvalue weighted by Gasteiger charge is 2.58. The Bertz CT molecular complexity index is 823. The first-order valence-corrected chi connectivity index (χ1v) is 8.82. The number of carbonyl (C=O) groups is 2. The van der Waals surface area contributed by atoms with E-state index in [9.17, 15) is 9.59 Å². The number of fused-ring (bicyclic) bond motifs is 3. The van der Waals surface area contributed by atoms with Crippen LogP contribution >= 0.6 is 23.4 Å². The van der Waals surface area contributed by atoms with Gasteiger partial charge in [0, 0.05) is 22.8 Å². The van der Waals surface area contributed by atoms with Gasteiger partial charge >= 0.3 is 5.97 Å². The fourth-order valence-corrected chi connectivity index (χ4v) is 4.65. The molecule has 122 valence electrons. The second kappa shape index (κ2) is 5.83. The maximum Gasteiger partial charge on any atom is 0.343 e. The normalized spacial score (nSPS) is 21.5. The number of benzene rings is 2. The van der Waals surface area contributed by atoms with Crippen LogP contribution in [-0.4, -0.2) is 16.7 Å². The minimum absolute atomic E-state index is 0.0316. The average Bonchev–Trinajstić information content (AvgIpc) is 3.10. The van der Waals surface area contributed by atoms with Gasteiger partial charge in [-0.25, -0.2) is 4.79 Å². The topological polar surface area (TPSA) is 46.6 Å². The lowest BCUT2D eigenvalue weighted by Crippen LogP contribution is -2.47. The van der Waals surface area contributed by atoms with E-state index < -0.39 is 4.87 Å². The summed E-state index contributed by atoms with van der Waals surface area (Å²) in [6.45, 7) is 0.163. The van der Waals surface area contributed by atoms with Crippen molar-refractivity contribution in [2.45, 2.75) is 29.2 Å². The molecule has 2 aromatic carbocycles. The molecule has 0 aliphatic carbocycles. The van der Waals surface area contributed by atoms with E-state index in [2.05, 4.69) is 0 Å². The van der Waals surface area contributed by atoms with Gasteiger partial charge in [0.1, 0.15) is 6.61 Å². The third kappa shape index (κ3) is 2.39. The zero-order valence-corrected chi connectivity index (χ0v) is 14.3. The van der Waals surface area contributed by atoms with Crippen LogP contribution in [0.4, 0.5) is 5.69 Å². The number of carbonyl (C=O) groups excluding carboxylic acids is 2. The first-order valence-electron chi connectivity index (χ1n) is 7.63. The van der Waals surface area contributed by atoms with Gasteiger partial charge in [0.25, 0.3) is 0 Å². The zero-order chi connectivity index (χ0) is 16.7. The Balaban J connectivity index is 1.57. The molecular formula is C18H14ClNO3S. The highest BCUT2D eigenvalue weighted by Crippen LogP contribution is 2.56. The summed E-state index contributed by atoms with van der Waals surface area (Å²) in [4.78, 5) is 26.8. The average molecular weight is 360 g/mol. The van der Waals surface area contributed by atoms with Gasteiger partial charge < -0.3 is 4.74 Å². The molecule has 1 fully saturated rings. The Morgan fingerprint density at radius 1 is 1.21 bits per heavy atom. The fraction of sp³-hybridized carbons (Fsp3) is 0.222. The maximum atomic E-state index is 12.8. The van der Waals surface area contributed by atoms with Crippen molar-refractivity contribution >= 4 is 40.9 Å². The summed E-state index contributed by atoms with van der Waals surface area (Å²) < 4.78 is 5.54. The molecule has 4 nitrogen and oxygen atoms in total. The summed E-state index contributed by atoms with van der Waals surface area (Å²) in [6, 6.07) is 14.7. The molecule has 0 aromatic heterocycles. The number of amides is 1. The monoisotopic (exact) mass is 359 g/mol. The summed E-state index contributed by atoms with van der Waals surface area (Å²) in [5.41, 5.74) is 1.66. The predicted octanol–water partition coefficient (Wildman–Crippen LogP) is 4.01. The van der Waals surface area contributed by atoms with Crippen molar-refractivity contribution in [2.75, 3.05) is 4.90 Å². The van der Waals surface area contributed by atoms with E-state index >= 15 is 0 Å². The van der Waals surface area contributed by atoms with E-state index in [1.165, 1.54) is 11.8 Å². The van der Waals surface area contributed by atoms with Gasteiger partial charge in [-0.15, -0.1) is 0 Å². The molecule has 6 heteroatoms. The molecule has 2 aliphatic rings. The number of hydrogen-bond acceptors (Lipinski definition) is 4. The molecule has 1 unspecified atom stereocenters. The third-order valence-corrected chi connectivity index (χ3v) is 5.98. The van der Waals surface area contributed by atoms with E-state index in [1.54, 1.807) is 17.0 Å². The summed E-state index contributed by atoms with van der Waals surface area (Å²) in [5.74, 6) is -0.402. The minimum atomic E-state index is -0.965. The lowest BCUT2D eigenvalue weighted by molar-refractivity contribution is -0.148. The Morgan fingerprint density at radius 3 is 2.75 bits per heavy atom. The first kappa shape index (κ1) is 15.5. The van der Waals surface area contributed by atoms with E-state index in [0.29, 0.717) is 17.9 Å². The fourth-order valence-electron chi connectivity index (χ4n) is 3.11. The number of halogens is 1. The lowest BCUT2D eigenvalue weighted by Gasteiger charge is -2.28. The largest absolute Gasteiger partial charge is 0.458 e. The summed E-state index contributed by atoms with van der Waals surface area (Å²) in [5, 5.41) is 0.637. The number of thioether (sulfide) groups is 1. The van der Waals surface area contributed by atoms with Gasteiger partial charge in [-0.05, 0) is 29.8 Å². The lowest BCUT2D eigenvalue weighted by atomic mass is 10.2. The third-order valence-electron chi connectivity index (χ3n) is 4.28. The van der Waals surface area contributed by atoms with Crippen LogP contribution < -0.4 is 4.90 Å². The van der Waals surface area contributed by atoms with E-state index in [4.69, 9.17) is 16.3 Å². The minimum Gasteiger partial charge on any atom is -0.458 e. The molecule has 2 aromatic rings. The molecule has 24 heavy (non-hydrogen) atoms. The van der Waals surface area contributed by atoms with Crippen LogP contribution in [0.15, 0.2) is 53.4 Å². The molecule has 1 amide bonds. The Labute approximate surface area is 148 Å². The molecule has 0 radical (unpaired) electrons. The molecular weight excluding hydrogens is 346 g/mol. The molecule has 1 atom stereocenters. The Kier molecular flexibility index (Phi) is 3.77. The number of esters is 1. The molecule has 4 rings (SSSR count). The van der Waals surface area contributed by atoms with Gasteiger partial charge in [0.2, 0.25) is 5.91 Å². The molecule has 0 spiro atoms. The molecule has 1 saturated heterocycles. The van der Waals surface area contributed by atoms with Crippen molar-refractivity contribution in [1.82, 2.24) is 0 Å². The number of nitrogens with zero attached hydrogens (tertiary/aromatic N) is 1. The SMILES string of the molecule is O=C1CCC2(C(=O)OCc3ccc(Cl)cc3)Sc3ccccc3N12. The van der Waals surface area contributed by atoms with Gasteiger partial charge in [-0.3, -0.25) is 9.69 Å². The predicted molar refractivity (Wildman–Crippen MR) is 93.0 cm³/mol. The van der Waals surface area contributed by atoms with Crippen molar-refractivity contribution < 1.29 is 14.3 Å². The zero-order valence-electron chi connectivity index (χ0n) is 12.7. The van der Waals surface area contributed by atoms with Crippen LogP contribution in [0.1, 0.15) is 18.4 Å². The number of ether oxygens (including phenoxy) is 1. The van der Waals surface area contributed by atoms with Gasteiger partial charge in [-0.2, -0.15) is 0 Å². The van der Waals surface area contributed by atoms with Crippen LogP contribution in [0.3, 0.4) is 0 Å². The number of hydrogen-bond donors (Lipinski definition) is 0. The Hall–Kier alpha value is -1.98. The standard InChI is InChI=1S/C18H14ClNO3S/c19-13-7-5-12(6-8-13)11-23-17(22)18-10-9-16(21)20(18)14-3-1-2-4-15(14)24-18/h1-8H,9-11H2. The second-order valence-corrected chi connectivity index (χ2v) is 7.54. The van der Waals surface area contributed by atoms with Crippen molar-refractivity contribution in [3.05, 3.63) is 59.1 Å². The smallest absolute Gasteiger partial charge is 0.343 e. The van der Waals surface area contributed by atoms with Crippen LogP contribution in [0.2, 0.25) is 5.02 Å². The van der Waals surface area contributed by atoms with Crippen molar-refractivity contribution in [3.8, 4) is 0 Å². The van der Waals surface area contributed by atoms with Gasteiger partial charge in [0.05, 0.1) is 5.69 Å². The van der Waals surface area contributed by atoms with Crippen LogP contribution in [-0.2, 0) is 20.9 Å². The van der Waals surface area contributed by atoms with E-state index in [-0.39, 0.29) is 18.5 Å². The van der Waals surface area contributed by atoms with Crippen molar-refractivity contribution in [1.29, 1.82) is 0 Å². The molecule has 0 saturated carbocycles. The van der Waals surface area contributed by atoms with Crippen molar-refractivity contribution in [2.24, 2.45) is 0 Å². The molecule has 2 heterocycles. The maximum absolute atomic E-state index is 12.8. The highest BCUT2D eigenvalue weighted by molar-refractivity contribution is 8.02. The van der Waals surface area contributed by atoms with Crippen LogP contribution in [0.5, 0.6) is 0 Å². The quantitative estimate of drug-likeness (QED) is 0.777. The first-order chi connectivity index (χ1) is 11.6. The van der Waals surface area contributed by atoms with Crippen LogP contribution in [0, 0.1) is 0 Å². The van der Waals surface area contributed by atoms with Gasteiger partial charge in [-0.1, -0.05) is 47.6 Å². The van der Waals surface area contributed by atoms with E-state index in [1.807, 2.05) is 36.4 Å². The summed E-state index contributed by atoms with van der Waals surface area (Å²) >= 11 is 7.28. The number of anilines is 1. The molecule has 0 N–H and O–H groups in total. The Morgan fingerprint density at radius 2 is 1.96 bits per heavy atom. The molecule has 0 bridgehead atoms. The second-order valence-electron chi connectivity index (χ2n) is 5.79. The summed E-state index contributed by atoms with van der Waals surface area (Å²) in [6.07, 6.45) is 0.821. The van der Waals surface area contributed by atoms with E-state index in [0.717, 1.165) is 16.1 Å². The number of rotatable bonds is 3. The summed E-state index contributed by atoms with van der Waals surface area (Å²) in [7, 11) is 0. The van der Waals surface area contributed by atoms with Crippen molar-refractivity contribution in [3.63, 3.8) is 0 Å². The number of para-hydroxylation sites is 1. The molecule has 2 aliphatic heterocycles. The van der Waals surface area contributed by atoms with Crippen LogP contribution in [0.25, 0.3) is 0 Å².